The maximum Gasteiger partial charge on any atom is 0.124 e. The highest BCUT2D eigenvalue weighted by molar-refractivity contribution is 9.10. The Balaban J connectivity index is 2.72. The summed E-state index contributed by atoms with van der Waals surface area (Å²) in [6.45, 7) is 0.678. The van der Waals surface area contributed by atoms with E-state index in [1.165, 1.54) is 24.1 Å². The maximum absolute atomic E-state index is 12.8. The van der Waals surface area contributed by atoms with Crippen LogP contribution in [0.4, 0.5) is 4.39 Å². The molecule has 0 unspecified atom stereocenters. The van der Waals surface area contributed by atoms with Gasteiger partial charge in [0.2, 0.25) is 0 Å². The van der Waals surface area contributed by atoms with Gasteiger partial charge < -0.3 is 0 Å². The van der Waals surface area contributed by atoms with Gasteiger partial charge in [0.25, 0.3) is 0 Å². The molecule has 0 radical (unpaired) electrons. The molecule has 0 atom stereocenters. The second-order valence-electron chi connectivity index (χ2n) is 2.30. The van der Waals surface area contributed by atoms with Crippen LogP contribution in [0.1, 0.15) is 5.56 Å². The first-order chi connectivity index (χ1) is 5.72. The molecule has 1 nitrogen and oxygen atoms in total. The third kappa shape index (κ3) is 3.13. The van der Waals surface area contributed by atoms with Crippen LogP contribution in [0.25, 0.3) is 0 Å². The van der Waals surface area contributed by atoms with Crippen molar-refractivity contribution in [3.05, 3.63) is 34.1 Å². The highest BCUT2D eigenvalue weighted by atomic mass is 79.9. The van der Waals surface area contributed by atoms with Crippen LogP contribution in [0, 0.1) is 5.82 Å². The third-order valence-corrected chi connectivity index (χ3v) is 2.23. The molecule has 0 spiro atoms. The fourth-order valence-electron chi connectivity index (χ4n) is 0.869. The second kappa shape index (κ2) is 4.84. The zero-order valence-corrected chi connectivity index (χ0v) is 9.01. The summed E-state index contributed by atoms with van der Waals surface area (Å²) >= 11 is 4.75. The SMILES string of the molecule is CSNCc1cc(F)cc(Br)c1. The predicted octanol–water partition coefficient (Wildman–Crippen LogP) is 2.96. The molecule has 1 aromatic carbocycles. The molecule has 0 saturated carbocycles. The summed E-state index contributed by atoms with van der Waals surface area (Å²) in [6.07, 6.45) is 1.94. The summed E-state index contributed by atoms with van der Waals surface area (Å²) in [7, 11) is 0. The van der Waals surface area contributed by atoms with Crippen molar-refractivity contribution < 1.29 is 4.39 Å². The Kier molecular flexibility index (Phi) is 4.05. The van der Waals surface area contributed by atoms with E-state index in [0.717, 1.165) is 10.0 Å². The quantitative estimate of drug-likeness (QED) is 0.828. The van der Waals surface area contributed by atoms with Gasteiger partial charge in [0, 0.05) is 11.0 Å². The van der Waals surface area contributed by atoms with Crippen molar-refractivity contribution >= 4 is 27.9 Å². The molecule has 0 aliphatic rings. The normalized spacial score (nSPS) is 10.2. The standard InChI is InChI=1S/C8H9BrFNS/c1-12-11-5-6-2-7(9)4-8(10)3-6/h2-4,11H,5H2,1H3. The molecule has 0 saturated heterocycles. The lowest BCUT2D eigenvalue weighted by atomic mass is 10.2. The topological polar surface area (TPSA) is 12.0 Å². The Labute approximate surface area is 84.0 Å². The van der Waals surface area contributed by atoms with Crippen molar-refractivity contribution in [2.75, 3.05) is 6.26 Å². The molecule has 12 heavy (non-hydrogen) atoms. The van der Waals surface area contributed by atoms with Gasteiger partial charge in [-0.1, -0.05) is 27.9 Å². The Morgan fingerprint density at radius 1 is 1.50 bits per heavy atom. The van der Waals surface area contributed by atoms with Gasteiger partial charge in [-0.25, -0.2) is 4.39 Å². The minimum Gasteiger partial charge on any atom is -0.260 e. The highest BCUT2D eigenvalue weighted by Crippen LogP contribution is 2.14. The van der Waals surface area contributed by atoms with Crippen LogP contribution in [0.2, 0.25) is 0 Å². The minimum atomic E-state index is -0.206. The number of rotatable bonds is 3. The molecule has 0 aliphatic heterocycles. The van der Waals surface area contributed by atoms with E-state index in [1.54, 1.807) is 0 Å². The molecule has 1 rings (SSSR count). The fraction of sp³-hybridized carbons (Fsp3) is 0.250. The van der Waals surface area contributed by atoms with E-state index in [0.29, 0.717) is 6.54 Å². The molecular formula is C8H9BrFNS. The van der Waals surface area contributed by atoms with Gasteiger partial charge in [0.15, 0.2) is 0 Å². The van der Waals surface area contributed by atoms with Gasteiger partial charge in [0.05, 0.1) is 0 Å². The maximum atomic E-state index is 12.8. The number of hydrogen-bond donors (Lipinski definition) is 1. The lowest BCUT2D eigenvalue weighted by Gasteiger charge is -2.01. The number of halogens is 2. The first-order valence-electron chi connectivity index (χ1n) is 3.43. The number of benzene rings is 1. The van der Waals surface area contributed by atoms with Gasteiger partial charge in [-0.2, -0.15) is 0 Å². The lowest BCUT2D eigenvalue weighted by molar-refractivity contribution is 0.624. The molecule has 66 valence electrons. The van der Waals surface area contributed by atoms with Crippen LogP contribution < -0.4 is 4.72 Å². The predicted molar refractivity (Wildman–Crippen MR) is 54.5 cm³/mol. The first kappa shape index (κ1) is 10.0. The summed E-state index contributed by atoms with van der Waals surface area (Å²) in [5.41, 5.74) is 0.941. The van der Waals surface area contributed by atoms with E-state index < -0.39 is 0 Å². The summed E-state index contributed by atoms with van der Waals surface area (Å²) < 4.78 is 16.6. The van der Waals surface area contributed by atoms with Crippen molar-refractivity contribution in [3.8, 4) is 0 Å². The van der Waals surface area contributed by atoms with Gasteiger partial charge in [0.1, 0.15) is 5.82 Å². The monoisotopic (exact) mass is 249 g/mol. The molecular weight excluding hydrogens is 241 g/mol. The van der Waals surface area contributed by atoms with Gasteiger partial charge in [-0.15, -0.1) is 0 Å². The molecule has 0 aliphatic carbocycles. The molecule has 1 aromatic rings. The van der Waals surface area contributed by atoms with E-state index in [2.05, 4.69) is 20.7 Å². The van der Waals surface area contributed by atoms with E-state index in [4.69, 9.17) is 0 Å². The van der Waals surface area contributed by atoms with Crippen LogP contribution in [0.5, 0.6) is 0 Å². The van der Waals surface area contributed by atoms with Crippen molar-refractivity contribution in [2.24, 2.45) is 0 Å². The lowest BCUT2D eigenvalue weighted by Crippen LogP contribution is -2.02. The molecule has 0 heterocycles. The average Bonchev–Trinajstić information content (AvgIpc) is 1.99. The highest BCUT2D eigenvalue weighted by Gasteiger charge is 1.97. The molecule has 0 bridgehead atoms. The Hall–Kier alpha value is -0.0600. The Bertz CT molecular complexity index is 247. The van der Waals surface area contributed by atoms with Gasteiger partial charge in [-0.05, 0) is 30.0 Å². The summed E-state index contributed by atoms with van der Waals surface area (Å²) in [5, 5.41) is 0. The number of hydrogen-bond acceptors (Lipinski definition) is 2. The largest absolute Gasteiger partial charge is 0.260 e. The summed E-state index contributed by atoms with van der Waals surface area (Å²) in [5.74, 6) is -0.206. The van der Waals surface area contributed by atoms with Crippen LogP contribution in [0.15, 0.2) is 22.7 Å². The third-order valence-electron chi connectivity index (χ3n) is 1.34. The second-order valence-corrected chi connectivity index (χ2v) is 3.92. The molecule has 4 heteroatoms. The molecule has 0 amide bonds. The first-order valence-corrected chi connectivity index (χ1v) is 5.45. The molecule has 0 fully saturated rings. The number of nitrogens with one attached hydrogen (secondary N) is 1. The van der Waals surface area contributed by atoms with Crippen molar-refractivity contribution in [1.82, 2.24) is 4.72 Å². The summed E-state index contributed by atoms with van der Waals surface area (Å²) in [6, 6.07) is 4.86. The van der Waals surface area contributed by atoms with Crippen LogP contribution in [-0.4, -0.2) is 6.26 Å². The van der Waals surface area contributed by atoms with Crippen LogP contribution in [0.3, 0.4) is 0 Å². The fourth-order valence-corrected chi connectivity index (χ4v) is 1.69. The van der Waals surface area contributed by atoms with E-state index in [1.807, 2.05) is 12.3 Å². The Morgan fingerprint density at radius 3 is 2.83 bits per heavy atom. The van der Waals surface area contributed by atoms with Crippen LogP contribution >= 0.6 is 27.9 Å². The van der Waals surface area contributed by atoms with Crippen molar-refractivity contribution in [2.45, 2.75) is 6.54 Å². The molecule has 1 N–H and O–H groups in total. The smallest absolute Gasteiger partial charge is 0.124 e. The van der Waals surface area contributed by atoms with E-state index in [9.17, 15) is 4.39 Å². The van der Waals surface area contributed by atoms with Crippen molar-refractivity contribution in [3.63, 3.8) is 0 Å². The van der Waals surface area contributed by atoms with E-state index in [-0.39, 0.29) is 5.82 Å². The zero-order valence-electron chi connectivity index (χ0n) is 6.60. The summed E-state index contributed by atoms with van der Waals surface area (Å²) in [4.78, 5) is 0. The van der Waals surface area contributed by atoms with Crippen LogP contribution in [-0.2, 0) is 6.54 Å². The minimum absolute atomic E-state index is 0.206. The van der Waals surface area contributed by atoms with E-state index >= 15 is 0 Å². The molecule has 0 aromatic heterocycles. The Morgan fingerprint density at radius 2 is 2.25 bits per heavy atom. The van der Waals surface area contributed by atoms with Gasteiger partial charge in [-0.3, -0.25) is 4.72 Å². The van der Waals surface area contributed by atoms with Crippen molar-refractivity contribution in [1.29, 1.82) is 0 Å². The average molecular weight is 250 g/mol. The van der Waals surface area contributed by atoms with Gasteiger partial charge >= 0.3 is 0 Å². The zero-order chi connectivity index (χ0) is 8.97.